The maximum Gasteiger partial charge on any atom is 0.131 e. The normalized spacial score (nSPS) is 12.5. The molecule has 0 aromatic heterocycles. The van der Waals surface area contributed by atoms with Gasteiger partial charge < -0.3 is 4.79 Å². The minimum atomic E-state index is -0.239. The van der Waals surface area contributed by atoms with Crippen LogP contribution in [0.4, 0.5) is 0 Å². The lowest BCUT2D eigenvalue weighted by Crippen LogP contribution is -2.18. The van der Waals surface area contributed by atoms with Crippen molar-refractivity contribution in [3.05, 3.63) is 68.8 Å². The molecule has 2 aromatic carbocycles. The Morgan fingerprint density at radius 2 is 0.697 bits per heavy atom. The zero-order chi connectivity index (χ0) is 25.2. The molecule has 0 aliphatic rings. The van der Waals surface area contributed by atoms with Crippen LogP contribution in [0.25, 0.3) is 0 Å². The van der Waals surface area contributed by atoms with Crippen LogP contribution < -0.4 is 0 Å². The molecule has 2 aromatic rings. The van der Waals surface area contributed by atoms with E-state index in [0.29, 0.717) is 35.5 Å². The van der Waals surface area contributed by atoms with Gasteiger partial charge in [0.25, 0.3) is 0 Å². The second-order valence-electron chi connectivity index (χ2n) is 11.8. The first-order valence-corrected chi connectivity index (χ1v) is 13.1. The van der Waals surface area contributed by atoms with Crippen LogP contribution in [0.15, 0.2) is 24.3 Å². The van der Waals surface area contributed by atoms with Gasteiger partial charge in [-0.2, -0.15) is 0 Å². The van der Waals surface area contributed by atoms with Crippen LogP contribution in [-0.4, -0.2) is 6.29 Å². The second kappa shape index (κ2) is 11.0. The zero-order valence-corrected chi connectivity index (χ0v) is 23.3. The molecule has 0 atom stereocenters. The van der Waals surface area contributed by atoms with Crippen molar-refractivity contribution in [3.63, 3.8) is 0 Å². The Labute approximate surface area is 204 Å². The van der Waals surface area contributed by atoms with Crippen LogP contribution >= 0.6 is 0 Å². The first-order valence-electron chi connectivity index (χ1n) is 13.1. The molecule has 0 spiro atoms. The van der Waals surface area contributed by atoms with E-state index in [0.717, 1.165) is 0 Å². The van der Waals surface area contributed by atoms with Gasteiger partial charge in [0.15, 0.2) is 0 Å². The predicted octanol–water partition coefficient (Wildman–Crippen LogP) is 9.76. The summed E-state index contributed by atoms with van der Waals surface area (Å²) in [5, 5.41) is 0. The molecule has 0 radical (unpaired) electrons. The lowest BCUT2D eigenvalue weighted by atomic mass is 9.73. The Hall–Kier alpha value is -1.89. The highest BCUT2D eigenvalue weighted by atomic mass is 16.1. The standard InChI is InChI=1S/C32H48O/c1-18(2)24-13-26(20(5)6)31(27(14-24)21(7)8)30(17-33)32-28(22(9)10)15-25(19(3)4)16-29(32)23(11)12/h13-23,30H,1-12H3. The summed E-state index contributed by atoms with van der Waals surface area (Å²) in [7, 11) is 0. The van der Waals surface area contributed by atoms with Crippen molar-refractivity contribution in [1.29, 1.82) is 0 Å². The molecule has 0 amide bonds. The van der Waals surface area contributed by atoms with E-state index in [1.54, 1.807) is 0 Å². The van der Waals surface area contributed by atoms with Crippen LogP contribution in [0.5, 0.6) is 0 Å². The lowest BCUT2D eigenvalue weighted by Gasteiger charge is -2.31. The number of hydrogen-bond donors (Lipinski definition) is 0. The molecule has 2 rings (SSSR count). The highest BCUT2D eigenvalue weighted by molar-refractivity contribution is 5.74. The van der Waals surface area contributed by atoms with Gasteiger partial charge in [0, 0.05) is 0 Å². The van der Waals surface area contributed by atoms with E-state index in [-0.39, 0.29) is 5.92 Å². The first kappa shape index (κ1) is 27.4. The molecule has 0 aliphatic carbocycles. The summed E-state index contributed by atoms with van der Waals surface area (Å²) < 4.78 is 0. The number of rotatable bonds is 9. The predicted molar refractivity (Wildman–Crippen MR) is 145 cm³/mol. The van der Waals surface area contributed by atoms with E-state index in [1.807, 2.05) is 0 Å². The van der Waals surface area contributed by atoms with Gasteiger partial charge in [-0.15, -0.1) is 0 Å². The number of carbonyl (C=O) groups is 1. The van der Waals surface area contributed by atoms with Gasteiger partial charge in [-0.3, -0.25) is 0 Å². The van der Waals surface area contributed by atoms with Crippen LogP contribution in [0.2, 0.25) is 0 Å². The highest BCUT2D eigenvalue weighted by Gasteiger charge is 2.30. The van der Waals surface area contributed by atoms with Gasteiger partial charge in [-0.05, 0) is 80.0 Å². The zero-order valence-electron chi connectivity index (χ0n) is 23.3. The molecule has 33 heavy (non-hydrogen) atoms. The van der Waals surface area contributed by atoms with Crippen LogP contribution in [0, 0.1) is 0 Å². The van der Waals surface area contributed by atoms with E-state index < -0.39 is 0 Å². The summed E-state index contributed by atoms with van der Waals surface area (Å²) >= 11 is 0. The van der Waals surface area contributed by atoms with E-state index in [1.165, 1.54) is 50.8 Å². The van der Waals surface area contributed by atoms with E-state index in [4.69, 9.17) is 0 Å². The molecule has 0 heterocycles. The van der Waals surface area contributed by atoms with Crippen LogP contribution in [0.1, 0.15) is 169 Å². The lowest BCUT2D eigenvalue weighted by molar-refractivity contribution is -0.108. The summed E-state index contributed by atoms with van der Waals surface area (Å²) in [5.74, 6) is 2.13. The summed E-state index contributed by atoms with van der Waals surface area (Å²) in [4.78, 5) is 13.0. The number of benzene rings is 2. The topological polar surface area (TPSA) is 17.1 Å². The summed E-state index contributed by atoms with van der Waals surface area (Å²) in [6.07, 6.45) is 1.23. The van der Waals surface area contributed by atoms with Crippen LogP contribution in [-0.2, 0) is 4.79 Å². The largest absolute Gasteiger partial charge is 0.302 e. The van der Waals surface area contributed by atoms with Gasteiger partial charge in [0.2, 0.25) is 0 Å². The summed E-state index contributed by atoms with van der Waals surface area (Å²) in [5.41, 5.74) is 10.6. The van der Waals surface area contributed by atoms with E-state index in [9.17, 15) is 4.79 Å². The van der Waals surface area contributed by atoms with Gasteiger partial charge in [-0.1, -0.05) is 107 Å². The fraction of sp³-hybridized carbons (Fsp3) is 0.594. The van der Waals surface area contributed by atoms with Crippen molar-refractivity contribution in [2.24, 2.45) is 0 Å². The first-order chi connectivity index (χ1) is 15.3. The van der Waals surface area contributed by atoms with Crippen molar-refractivity contribution in [2.75, 3.05) is 0 Å². The van der Waals surface area contributed by atoms with Crippen molar-refractivity contribution >= 4 is 6.29 Å². The monoisotopic (exact) mass is 448 g/mol. The molecule has 0 unspecified atom stereocenters. The molecular weight excluding hydrogens is 400 g/mol. The Morgan fingerprint density at radius 1 is 0.455 bits per heavy atom. The second-order valence-corrected chi connectivity index (χ2v) is 11.8. The molecule has 0 bridgehead atoms. The average Bonchev–Trinajstić information content (AvgIpc) is 2.72. The van der Waals surface area contributed by atoms with Crippen molar-refractivity contribution in [1.82, 2.24) is 0 Å². The molecule has 0 N–H and O–H groups in total. The minimum Gasteiger partial charge on any atom is -0.302 e. The van der Waals surface area contributed by atoms with Gasteiger partial charge in [-0.25, -0.2) is 0 Å². The van der Waals surface area contributed by atoms with Gasteiger partial charge in [0.1, 0.15) is 6.29 Å². The third-order valence-electron chi connectivity index (χ3n) is 7.11. The Bertz CT molecular complexity index is 823. The molecule has 182 valence electrons. The Kier molecular flexibility index (Phi) is 9.14. The quantitative estimate of drug-likeness (QED) is 0.349. The smallest absolute Gasteiger partial charge is 0.131 e. The minimum absolute atomic E-state index is 0.239. The molecule has 0 fully saturated rings. The molecule has 1 heteroatoms. The SMILES string of the molecule is CC(C)c1cc(C(C)C)c(C(C=O)c2c(C(C)C)cc(C(C)C)cc2C(C)C)c(C(C)C)c1. The fourth-order valence-electron chi connectivity index (χ4n) is 5.02. The third-order valence-corrected chi connectivity index (χ3v) is 7.11. The van der Waals surface area contributed by atoms with Crippen LogP contribution in [0.3, 0.4) is 0 Å². The molecule has 0 aliphatic heterocycles. The molecular formula is C32H48O. The highest BCUT2D eigenvalue weighted by Crippen LogP contribution is 2.43. The number of aldehydes is 1. The van der Waals surface area contributed by atoms with Crippen molar-refractivity contribution < 1.29 is 4.79 Å². The summed E-state index contributed by atoms with van der Waals surface area (Å²) in [6.45, 7) is 27.2. The molecule has 0 saturated heterocycles. The van der Waals surface area contributed by atoms with Gasteiger partial charge in [0.05, 0.1) is 5.92 Å². The average molecular weight is 449 g/mol. The number of carbonyl (C=O) groups excluding carboxylic acids is 1. The fourth-order valence-corrected chi connectivity index (χ4v) is 5.02. The maximum absolute atomic E-state index is 13.0. The maximum atomic E-state index is 13.0. The van der Waals surface area contributed by atoms with E-state index >= 15 is 0 Å². The Morgan fingerprint density at radius 3 is 0.848 bits per heavy atom. The van der Waals surface area contributed by atoms with Crippen molar-refractivity contribution in [2.45, 2.75) is 125 Å². The molecule has 0 saturated carbocycles. The third kappa shape index (κ3) is 5.79. The van der Waals surface area contributed by atoms with E-state index in [2.05, 4.69) is 107 Å². The van der Waals surface area contributed by atoms with Crippen molar-refractivity contribution in [3.8, 4) is 0 Å². The summed E-state index contributed by atoms with van der Waals surface area (Å²) in [6, 6.07) is 9.50. The molecule has 1 nitrogen and oxygen atoms in total. The number of hydrogen-bond acceptors (Lipinski definition) is 1. The van der Waals surface area contributed by atoms with Gasteiger partial charge >= 0.3 is 0 Å². The Balaban J connectivity index is 3.03.